The second kappa shape index (κ2) is 7.36. The standard InChI is InChI=1S/C19H22N4O2/c1-3-23(4-2)12-13-11-14(9-10-17(13)24)20-19-21-16-8-6-5-7-15(16)18(25)22-19/h5-11,24H,3-4,12H2,1-2H3,(H2,20,21,22,25). The van der Waals surface area contributed by atoms with Gasteiger partial charge < -0.3 is 10.4 Å². The van der Waals surface area contributed by atoms with E-state index in [1.54, 1.807) is 24.3 Å². The molecule has 130 valence electrons. The average molecular weight is 338 g/mol. The van der Waals surface area contributed by atoms with E-state index in [4.69, 9.17) is 0 Å². The molecule has 3 rings (SSSR count). The smallest absolute Gasteiger partial charge is 0.260 e. The number of nitrogens with one attached hydrogen (secondary N) is 2. The molecule has 0 spiro atoms. The molecule has 25 heavy (non-hydrogen) atoms. The number of aromatic hydroxyl groups is 1. The summed E-state index contributed by atoms with van der Waals surface area (Å²) in [6.07, 6.45) is 0. The highest BCUT2D eigenvalue weighted by atomic mass is 16.3. The molecule has 3 N–H and O–H groups in total. The number of fused-ring (bicyclic) bond motifs is 1. The van der Waals surface area contributed by atoms with Gasteiger partial charge in [-0.25, -0.2) is 4.98 Å². The van der Waals surface area contributed by atoms with Crippen LogP contribution in [0.1, 0.15) is 19.4 Å². The van der Waals surface area contributed by atoms with Gasteiger partial charge in [-0.2, -0.15) is 0 Å². The Morgan fingerprint density at radius 1 is 1.16 bits per heavy atom. The maximum atomic E-state index is 12.2. The lowest BCUT2D eigenvalue weighted by atomic mass is 10.1. The lowest BCUT2D eigenvalue weighted by Gasteiger charge is -2.19. The number of H-pyrrole nitrogens is 1. The van der Waals surface area contributed by atoms with Crippen molar-refractivity contribution in [2.75, 3.05) is 18.4 Å². The normalized spacial score (nSPS) is 11.2. The van der Waals surface area contributed by atoms with E-state index < -0.39 is 0 Å². The van der Waals surface area contributed by atoms with Gasteiger partial charge in [-0.3, -0.25) is 14.7 Å². The molecule has 0 atom stereocenters. The zero-order valence-corrected chi connectivity index (χ0v) is 14.4. The lowest BCUT2D eigenvalue weighted by Crippen LogP contribution is -2.22. The van der Waals surface area contributed by atoms with E-state index in [1.807, 2.05) is 18.2 Å². The third kappa shape index (κ3) is 3.80. The van der Waals surface area contributed by atoms with Crippen LogP contribution >= 0.6 is 0 Å². The van der Waals surface area contributed by atoms with Crippen LogP contribution in [-0.4, -0.2) is 33.1 Å². The summed E-state index contributed by atoms with van der Waals surface area (Å²) in [7, 11) is 0. The number of phenols is 1. The molecule has 6 heteroatoms. The van der Waals surface area contributed by atoms with Crippen molar-refractivity contribution in [3.8, 4) is 5.75 Å². The van der Waals surface area contributed by atoms with Crippen molar-refractivity contribution in [3.05, 3.63) is 58.4 Å². The summed E-state index contributed by atoms with van der Waals surface area (Å²) in [4.78, 5) is 21.6. The molecule has 0 radical (unpaired) electrons. The Labute approximate surface area is 146 Å². The van der Waals surface area contributed by atoms with Crippen LogP contribution in [0.15, 0.2) is 47.3 Å². The summed E-state index contributed by atoms with van der Waals surface area (Å²) < 4.78 is 0. The number of para-hydroxylation sites is 1. The second-order valence-electron chi connectivity index (χ2n) is 5.86. The van der Waals surface area contributed by atoms with Gasteiger partial charge in [-0.1, -0.05) is 26.0 Å². The van der Waals surface area contributed by atoms with Crippen LogP contribution in [0, 0.1) is 0 Å². The molecule has 1 aromatic heterocycles. The van der Waals surface area contributed by atoms with Crippen molar-refractivity contribution < 1.29 is 5.11 Å². The number of aromatic nitrogens is 2. The van der Waals surface area contributed by atoms with E-state index in [-0.39, 0.29) is 11.3 Å². The topological polar surface area (TPSA) is 81.2 Å². The number of anilines is 2. The van der Waals surface area contributed by atoms with Gasteiger partial charge in [0, 0.05) is 17.8 Å². The number of nitrogens with zero attached hydrogens (tertiary/aromatic N) is 2. The van der Waals surface area contributed by atoms with E-state index in [0.29, 0.717) is 23.4 Å². The number of hydrogen-bond donors (Lipinski definition) is 3. The fourth-order valence-corrected chi connectivity index (χ4v) is 2.76. The van der Waals surface area contributed by atoms with Crippen molar-refractivity contribution in [2.24, 2.45) is 0 Å². The monoisotopic (exact) mass is 338 g/mol. The minimum atomic E-state index is -0.185. The summed E-state index contributed by atoms with van der Waals surface area (Å²) in [6.45, 7) is 6.66. The maximum Gasteiger partial charge on any atom is 0.260 e. The van der Waals surface area contributed by atoms with E-state index >= 15 is 0 Å². The molecule has 2 aromatic carbocycles. The number of benzene rings is 2. The van der Waals surface area contributed by atoms with Gasteiger partial charge in [0.25, 0.3) is 5.56 Å². The predicted molar refractivity (Wildman–Crippen MR) is 100 cm³/mol. The fourth-order valence-electron chi connectivity index (χ4n) is 2.76. The lowest BCUT2D eigenvalue weighted by molar-refractivity contribution is 0.291. The van der Waals surface area contributed by atoms with Gasteiger partial charge in [-0.15, -0.1) is 0 Å². The minimum absolute atomic E-state index is 0.185. The second-order valence-corrected chi connectivity index (χ2v) is 5.86. The predicted octanol–water partition coefficient (Wildman–Crippen LogP) is 3.21. The van der Waals surface area contributed by atoms with Gasteiger partial charge >= 0.3 is 0 Å². The molecule has 0 unspecified atom stereocenters. The number of phenolic OH excluding ortho intramolecular Hbond substituents is 1. The molecular formula is C19H22N4O2. The Hall–Kier alpha value is -2.86. The quantitative estimate of drug-likeness (QED) is 0.601. The third-order valence-electron chi connectivity index (χ3n) is 4.24. The first-order valence-electron chi connectivity index (χ1n) is 8.41. The van der Waals surface area contributed by atoms with Crippen LogP contribution in [0.2, 0.25) is 0 Å². The molecule has 0 aliphatic rings. The first-order valence-corrected chi connectivity index (χ1v) is 8.41. The highest BCUT2D eigenvalue weighted by Gasteiger charge is 2.09. The van der Waals surface area contributed by atoms with Crippen molar-refractivity contribution in [1.82, 2.24) is 14.9 Å². The average Bonchev–Trinajstić information content (AvgIpc) is 2.62. The zero-order valence-electron chi connectivity index (χ0n) is 14.4. The van der Waals surface area contributed by atoms with Crippen molar-refractivity contribution in [2.45, 2.75) is 20.4 Å². The number of rotatable bonds is 6. The summed E-state index contributed by atoms with van der Waals surface area (Å²) >= 11 is 0. The molecule has 0 saturated heterocycles. The van der Waals surface area contributed by atoms with Crippen LogP contribution in [0.5, 0.6) is 5.75 Å². The Bertz CT molecular complexity index is 932. The first kappa shape index (κ1) is 17.0. The SMILES string of the molecule is CCN(CC)Cc1cc(Nc2nc3ccccc3c(=O)[nH]2)ccc1O. The Kier molecular flexibility index (Phi) is 5.00. The van der Waals surface area contributed by atoms with Crippen LogP contribution in [-0.2, 0) is 6.54 Å². The van der Waals surface area contributed by atoms with E-state index in [1.165, 1.54) is 0 Å². The molecule has 0 aliphatic heterocycles. The van der Waals surface area contributed by atoms with Gasteiger partial charge in [0.1, 0.15) is 5.75 Å². The van der Waals surface area contributed by atoms with E-state index in [0.717, 1.165) is 24.3 Å². The highest BCUT2D eigenvalue weighted by Crippen LogP contribution is 2.24. The molecule has 0 bridgehead atoms. The molecule has 1 heterocycles. The van der Waals surface area contributed by atoms with Crippen molar-refractivity contribution in [3.63, 3.8) is 0 Å². The first-order chi connectivity index (χ1) is 12.1. The molecular weight excluding hydrogens is 316 g/mol. The molecule has 3 aromatic rings. The minimum Gasteiger partial charge on any atom is -0.508 e. The molecule has 0 aliphatic carbocycles. The molecule has 0 saturated carbocycles. The highest BCUT2D eigenvalue weighted by molar-refractivity contribution is 5.78. The summed E-state index contributed by atoms with van der Waals surface area (Å²) in [5, 5.41) is 13.8. The Morgan fingerprint density at radius 2 is 1.92 bits per heavy atom. The Balaban J connectivity index is 1.89. The van der Waals surface area contributed by atoms with Crippen LogP contribution in [0.3, 0.4) is 0 Å². The van der Waals surface area contributed by atoms with Gasteiger partial charge in [0.05, 0.1) is 10.9 Å². The van der Waals surface area contributed by atoms with Gasteiger partial charge in [0.2, 0.25) is 5.95 Å². The van der Waals surface area contributed by atoms with Crippen LogP contribution in [0.25, 0.3) is 10.9 Å². The number of hydrogen-bond acceptors (Lipinski definition) is 5. The van der Waals surface area contributed by atoms with Crippen molar-refractivity contribution in [1.29, 1.82) is 0 Å². The number of aromatic amines is 1. The third-order valence-corrected chi connectivity index (χ3v) is 4.24. The Morgan fingerprint density at radius 3 is 2.68 bits per heavy atom. The fraction of sp³-hybridized carbons (Fsp3) is 0.263. The summed E-state index contributed by atoms with van der Waals surface area (Å²) in [5.41, 5.74) is 2.04. The summed E-state index contributed by atoms with van der Waals surface area (Å²) in [5.74, 6) is 0.639. The molecule has 0 fully saturated rings. The van der Waals surface area contributed by atoms with Gasteiger partial charge in [0.15, 0.2) is 0 Å². The molecule has 0 amide bonds. The maximum absolute atomic E-state index is 12.2. The zero-order chi connectivity index (χ0) is 17.8. The molecule has 6 nitrogen and oxygen atoms in total. The van der Waals surface area contributed by atoms with Crippen molar-refractivity contribution >= 4 is 22.5 Å². The van der Waals surface area contributed by atoms with Crippen LogP contribution < -0.4 is 10.9 Å². The van der Waals surface area contributed by atoms with E-state index in [9.17, 15) is 9.90 Å². The summed E-state index contributed by atoms with van der Waals surface area (Å²) in [6, 6.07) is 12.5. The van der Waals surface area contributed by atoms with Crippen LogP contribution in [0.4, 0.5) is 11.6 Å². The van der Waals surface area contributed by atoms with Gasteiger partial charge in [-0.05, 0) is 43.4 Å². The van der Waals surface area contributed by atoms with E-state index in [2.05, 4.69) is 34.0 Å². The largest absolute Gasteiger partial charge is 0.508 e.